The number of benzene rings is 3. The van der Waals surface area contributed by atoms with Gasteiger partial charge in [-0.05, 0) is 34.7 Å². The summed E-state index contributed by atoms with van der Waals surface area (Å²) in [5.41, 5.74) is 5.80. The van der Waals surface area contributed by atoms with E-state index in [0.29, 0.717) is 5.56 Å². The Morgan fingerprint density at radius 3 is 2.06 bits per heavy atom. The smallest absolute Gasteiger partial charge is 0.408 e. The Bertz CT molecular complexity index is 1190. The lowest BCUT2D eigenvalue weighted by molar-refractivity contribution is -0.146. The molecule has 8 nitrogen and oxygen atoms in total. The normalized spacial score (nSPS) is 13.8. The molecule has 1 aliphatic carbocycles. The van der Waals surface area contributed by atoms with Gasteiger partial charge in [-0.3, -0.25) is 4.79 Å². The number of carbonyl (C=O) groups is 3. The molecular formula is C27H26N2O6. The third-order valence-electron chi connectivity index (χ3n) is 6.03. The molecule has 35 heavy (non-hydrogen) atoms. The lowest BCUT2D eigenvalue weighted by Crippen LogP contribution is -2.44. The Balaban J connectivity index is 1.47. The topological polar surface area (TPSA) is 125 Å². The van der Waals surface area contributed by atoms with Crippen LogP contribution in [0.3, 0.4) is 0 Å². The standard InChI is InChI=1S/C27H26N2O6/c1-16-10-12-17(13-11-16)24(25(31)28-14-23(30)26(32)33)29-27(34)35-15-22-20-8-4-2-6-18(20)19-7-3-5-9-21(19)22/h2-13,22-24,30H,14-15H2,1H3,(H,28,31)(H,29,34)(H,32,33). The van der Waals surface area contributed by atoms with Crippen LogP contribution in [0.15, 0.2) is 72.8 Å². The monoisotopic (exact) mass is 474 g/mol. The molecule has 0 aromatic heterocycles. The first-order valence-corrected chi connectivity index (χ1v) is 11.2. The van der Waals surface area contributed by atoms with Crippen LogP contribution in [0.1, 0.15) is 34.2 Å². The van der Waals surface area contributed by atoms with Gasteiger partial charge >= 0.3 is 12.1 Å². The largest absolute Gasteiger partial charge is 0.479 e. The highest BCUT2D eigenvalue weighted by molar-refractivity contribution is 5.87. The van der Waals surface area contributed by atoms with Crippen molar-refractivity contribution in [1.29, 1.82) is 0 Å². The van der Waals surface area contributed by atoms with Gasteiger partial charge in [-0.15, -0.1) is 0 Å². The van der Waals surface area contributed by atoms with Gasteiger partial charge in [-0.1, -0.05) is 78.4 Å². The molecule has 2 amide bonds. The number of hydrogen-bond acceptors (Lipinski definition) is 5. The van der Waals surface area contributed by atoms with E-state index in [2.05, 4.69) is 10.6 Å². The number of rotatable bonds is 8. The number of nitrogens with one attached hydrogen (secondary N) is 2. The number of alkyl carbamates (subject to hydrolysis) is 1. The number of aryl methyl sites for hydroxylation is 1. The van der Waals surface area contributed by atoms with Gasteiger partial charge in [0.15, 0.2) is 6.10 Å². The predicted molar refractivity (Wildman–Crippen MR) is 129 cm³/mol. The predicted octanol–water partition coefficient (Wildman–Crippen LogP) is 3.14. The van der Waals surface area contributed by atoms with Crippen molar-refractivity contribution in [2.24, 2.45) is 0 Å². The van der Waals surface area contributed by atoms with E-state index in [4.69, 9.17) is 9.84 Å². The molecule has 0 bridgehead atoms. The summed E-state index contributed by atoms with van der Waals surface area (Å²) in [4.78, 5) is 36.4. The van der Waals surface area contributed by atoms with Gasteiger partial charge in [0.05, 0.1) is 6.54 Å². The highest BCUT2D eigenvalue weighted by atomic mass is 16.5. The highest BCUT2D eigenvalue weighted by Crippen LogP contribution is 2.44. The highest BCUT2D eigenvalue weighted by Gasteiger charge is 2.30. The molecule has 0 saturated carbocycles. The molecule has 3 aromatic carbocycles. The van der Waals surface area contributed by atoms with Crippen LogP contribution < -0.4 is 10.6 Å². The number of carbonyl (C=O) groups excluding carboxylic acids is 2. The van der Waals surface area contributed by atoms with Crippen molar-refractivity contribution >= 4 is 18.0 Å². The molecule has 4 N–H and O–H groups in total. The molecule has 1 aliphatic rings. The maximum Gasteiger partial charge on any atom is 0.408 e. The Morgan fingerprint density at radius 2 is 1.49 bits per heavy atom. The fourth-order valence-electron chi connectivity index (χ4n) is 4.20. The molecule has 8 heteroatoms. The molecule has 0 spiro atoms. The summed E-state index contributed by atoms with van der Waals surface area (Å²) < 4.78 is 5.56. The summed E-state index contributed by atoms with van der Waals surface area (Å²) >= 11 is 0. The van der Waals surface area contributed by atoms with Gasteiger partial charge in [-0.25, -0.2) is 9.59 Å². The minimum absolute atomic E-state index is 0.0832. The van der Waals surface area contributed by atoms with Crippen LogP contribution in [0.5, 0.6) is 0 Å². The fourth-order valence-corrected chi connectivity index (χ4v) is 4.20. The van der Waals surface area contributed by atoms with Crippen LogP contribution in [0.2, 0.25) is 0 Å². The van der Waals surface area contributed by atoms with Crippen molar-refractivity contribution in [3.63, 3.8) is 0 Å². The summed E-state index contributed by atoms with van der Waals surface area (Å²) in [6.45, 7) is 1.48. The van der Waals surface area contributed by atoms with Crippen molar-refractivity contribution < 1.29 is 29.3 Å². The van der Waals surface area contributed by atoms with Gasteiger partial charge in [0.25, 0.3) is 0 Å². The zero-order valence-corrected chi connectivity index (χ0v) is 19.1. The Kier molecular flexibility index (Phi) is 7.12. The molecule has 0 saturated heterocycles. The summed E-state index contributed by atoms with van der Waals surface area (Å²) in [6, 6.07) is 21.8. The van der Waals surface area contributed by atoms with Crippen molar-refractivity contribution in [2.75, 3.05) is 13.2 Å². The van der Waals surface area contributed by atoms with E-state index < -0.39 is 36.7 Å². The number of aliphatic hydroxyl groups excluding tert-OH is 1. The minimum atomic E-state index is -1.76. The number of hydrogen-bond donors (Lipinski definition) is 4. The Hall–Kier alpha value is -4.17. The molecule has 4 rings (SSSR count). The van der Waals surface area contributed by atoms with E-state index >= 15 is 0 Å². The third kappa shape index (κ3) is 5.33. The van der Waals surface area contributed by atoms with E-state index in [1.807, 2.05) is 55.5 Å². The van der Waals surface area contributed by atoms with Crippen LogP contribution in [-0.2, 0) is 14.3 Å². The van der Waals surface area contributed by atoms with E-state index in [9.17, 15) is 19.5 Å². The summed E-state index contributed by atoms with van der Waals surface area (Å²) in [7, 11) is 0. The Labute approximate surface area is 202 Å². The summed E-state index contributed by atoms with van der Waals surface area (Å²) in [5.74, 6) is -2.25. The molecule has 2 atom stereocenters. The van der Waals surface area contributed by atoms with Crippen LogP contribution in [0, 0.1) is 6.92 Å². The molecule has 3 aromatic rings. The van der Waals surface area contributed by atoms with E-state index in [1.165, 1.54) is 0 Å². The van der Waals surface area contributed by atoms with E-state index in [0.717, 1.165) is 27.8 Å². The van der Waals surface area contributed by atoms with E-state index in [1.54, 1.807) is 24.3 Å². The van der Waals surface area contributed by atoms with Crippen molar-refractivity contribution in [3.05, 3.63) is 95.1 Å². The number of ether oxygens (including phenoxy) is 1. The first-order valence-electron chi connectivity index (χ1n) is 11.2. The van der Waals surface area contributed by atoms with Crippen molar-refractivity contribution in [3.8, 4) is 11.1 Å². The fraction of sp³-hybridized carbons (Fsp3) is 0.222. The zero-order chi connectivity index (χ0) is 24.9. The summed E-state index contributed by atoms with van der Waals surface area (Å²) in [5, 5.41) is 23.3. The number of aliphatic hydroxyl groups is 1. The first-order chi connectivity index (χ1) is 16.8. The second-order valence-corrected chi connectivity index (χ2v) is 8.41. The maximum absolute atomic E-state index is 12.8. The lowest BCUT2D eigenvalue weighted by Gasteiger charge is -2.20. The third-order valence-corrected chi connectivity index (χ3v) is 6.03. The zero-order valence-electron chi connectivity index (χ0n) is 19.1. The lowest BCUT2D eigenvalue weighted by atomic mass is 9.98. The number of carboxylic acids is 1. The van der Waals surface area contributed by atoms with Gasteiger partial charge in [0.1, 0.15) is 12.6 Å². The average Bonchev–Trinajstić information content (AvgIpc) is 3.18. The number of amides is 2. The van der Waals surface area contributed by atoms with Crippen LogP contribution in [0.25, 0.3) is 11.1 Å². The number of fused-ring (bicyclic) bond motifs is 3. The molecule has 0 aliphatic heterocycles. The van der Waals surface area contributed by atoms with Crippen LogP contribution in [0.4, 0.5) is 4.79 Å². The van der Waals surface area contributed by atoms with Gasteiger partial charge in [0.2, 0.25) is 5.91 Å². The maximum atomic E-state index is 12.8. The molecule has 0 heterocycles. The molecule has 2 unspecified atom stereocenters. The summed E-state index contributed by atoms with van der Waals surface area (Å²) in [6.07, 6.45) is -2.54. The molecular weight excluding hydrogens is 448 g/mol. The van der Waals surface area contributed by atoms with Gasteiger partial charge < -0.3 is 25.6 Å². The number of aliphatic carboxylic acids is 1. The quantitative estimate of drug-likeness (QED) is 0.398. The average molecular weight is 475 g/mol. The van der Waals surface area contributed by atoms with Gasteiger partial charge in [0, 0.05) is 5.92 Å². The second kappa shape index (κ2) is 10.4. The number of carboxylic acid groups (broad SMARTS) is 1. The molecule has 180 valence electrons. The van der Waals surface area contributed by atoms with Crippen molar-refractivity contribution in [1.82, 2.24) is 10.6 Å². The molecule has 0 fully saturated rings. The van der Waals surface area contributed by atoms with Gasteiger partial charge in [-0.2, -0.15) is 0 Å². The minimum Gasteiger partial charge on any atom is -0.479 e. The second-order valence-electron chi connectivity index (χ2n) is 8.41. The van der Waals surface area contributed by atoms with Crippen molar-refractivity contribution in [2.45, 2.75) is 25.0 Å². The molecule has 0 radical (unpaired) electrons. The Morgan fingerprint density at radius 1 is 0.914 bits per heavy atom. The van der Waals surface area contributed by atoms with Crippen LogP contribution >= 0.6 is 0 Å². The SMILES string of the molecule is Cc1ccc(C(NC(=O)OCC2c3ccccc3-c3ccccc32)C(=O)NCC(O)C(=O)O)cc1. The van der Waals surface area contributed by atoms with E-state index in [-0.39, 0.29) is 12.5 Å². The van der Waals surface area contributed by atoms with Crippen LogP contribution in [-0.4, -0.2) is 47.4 Å². The first kappa shape index (κ1) is 24.0.